The van der Waals surface area contributed by atoms with E-state index in [1.165, 1.54) is 11.7 Å². The smallest absolute Gasteiger partial charge is 0.349 e. The highest BCUT2D eigenvalue weighted by Crippen LogP contribution is 2.30. The fraction of sp³-hybridized carbons (Fsp3) is 0.389. The maximum Gasteiger partial charge on any atom is 0.349 e. The number of H-pyrrole nitrogens is 1. The van der Waals surface area contributed by atoms with Crippen molar-refractivity contribution < 1.29 is 25.2 Å². The zero-order chi connectivity index (χ0) is 20.6. The largest absolute Gasteiger partial charge is 0.496 e. The molecule has 0 bridgehead atoms. The highest BCUT2D eigenvalue weighted by molar-refractivity contribution is 5.87. The van der Waals surface area contributed by atoms with Gasteiger partial charge in [-0.1, -0.05) is 0 Å². The average molecular weight is 391 g/mol. The number of aryl methyl sites for hydroxylation is 1. The first kappa shape index (κ1) is 20.0. The Balaban J connectivity index is 2.29. The van der Waals surface area contributed by atoms with Gasteiger partial charge in [-0.3, -0.25) is 9.78 Å². The van der Waals surface area contributed by atoms with Crippen LogP contribution >= 0.6 is 0 Å². The molecule has 0 radical (unpaired) electrons. The Morgan fingerprint density at radius 3 is 2.54 bits per heavy atom. The number of nitrogens with zero attached hydrogens (tertiary/aromatic N) is 2. The normalized spacial score (nSPS) is 14.9. The van der Waals surface area contributed by atoms with Crippen LogP contribution in [0, 0.1) is 6.92 Å². The van der Waals surface area contributed by atoms with Crippen LogP contribution < -0.4 is 16.0 Å². The monoisotopic (exact) mass is 391 g/mol. The van der Waals surface area contributed by atoms with Crippen LogP contribution in [0.5, 0.6) is 5.75 Å². The first-order chi connectivity index (χ1) is 13.3. The molecule has 10 nitrogen and oxygen atoms in total. The summed E-state index contributed by atoms with van der Waals surface area (Å²) < 4.78 is 6.73. The Hall–Kier alpha value is -2.79. The van der Waals surface area contributed by atoms with Crippen molar-refractivity contribution in [3.63, 3.8) is 0 Å². The Morgan fingerprint density at radius 1 is 1.18 bits per heavy atom. The van der Waals surface area contributed by atoms with Gasteiger partial charge in [-0.15, -0.1) is 0 Å². The Morgan fingerprint density at radius 2 is 1.89 bits per heavy atom. The van der Waals surface area contributed by atoms with E-state index >= 15 is 0 Å². The molecule has 0 amide bonds. The molecule has 2 aliphatic heterocycles. The van der Waals surface area contributed by atoms with Crippen molar-refractivity contribution >= 4 is 10.9 Å². The number of rotatable bonds is 6. The average Bonchev–Trinajstić information content (AvgIpc) is 2.66. The summed E-state index contributed by atoms with van der Waals surface area (Å²) >= 11 is 0. The van der Waals surface area contributed by atoms with Crippen LogP contribution in [0.4, 0.5) is 0 Å². The summed E-state index contributed by atoms with van der Waals surface area (Å²) in [7, 11) is 1.49. The molecule has 0 spiro atoms. The molecule has 0 fully saturated rings. The topological polar surface area (TPSA) is 158 Å². The Bertz CT molecular complexity index is 1090. The van der Waals surface area contributed by atoms with Gasteiger partial charge in [0.05, 0.1) is 31.3 Å². The summed E-state index contributed by atoms with van der Waals surface area (Å²) in [5, 5.41) is 39.6. The van der Waals surface area contributed by atoms with Crippen LogP contribution in [0.3, 0.4) is 0 Å². The number of ether oxygens (including phenoxy) is 1. The van der Waals surface area contributed by atoms with Crippen LogP contribution in [0.1, 0.15) is 5.56 Å². The number of methoxy groups -OCH3 is 1. The lowest BCUT2D eigenvalue weighted by Crippen LogP contribution is -2.42. The third-order valence-electron chi connectivity index (χ3n) is 4.65. The Labute approximate surface area is 158 Å². The fourth-order valence-electron chi connectivity index (χ4n) is 3.17. The van der Waals surface area contributed by atoms with Gasteiger partial charge < -0.3 is 29.7 Å². The number of aromatic nitrogens is 3. The van der Waals surface area contributed by atoms with Crippen LogP contribution in [0.15, 0.2) is 27.8 Å². The van der Waals surface area contributed by atoms with E-state index in [0.717, 1.165) is 5.56 Å². The van der Waals surface area contributed by atoms with E-state index in [-0.39, 0.29) is 17.9 Å². The maximum atomic E-state index is 12.3. The lowest BCUT2D eigenvalue weighted by Gasteiger charge is -2.25. The highest BCUT2D eigenvalue weighted by atomic mass is 16.5. The quantitative estimate of drug-likeness (QED) is 0.320. The first-order valence-corrected chi connectivity index (χ1v) is 8.54. The summed E-state index contributed by atoms with van der Waals surface area (Å²) in [5.41, 5.74) is -0.0556. The van der Waals surface area contributed by atoms with Gasteiger partial charge in [0.15, 0.2) is 5.82 Å². The van der Waals surface area contributed by atoms with Crippen molar-refractivity contribution in [1.82, 2.24) is 14.5 Å². The van der Waals surface area contributed by atoms with Gasteiger partial charge in [-0.2, -0.15) is 4.98 Å². The highest BCUT2D eigenvalue weighted by Gasteiger charge is 2.27. The van der Waals surface area contributed by atoms with Gasteiger partial charge >= 0.3 is 5.69 Å². The second kappa shape index (κ2) is 7.68. The van der Waals surface area contributed by atoms with Gasteiger partial charge in [-0.05, 0) is 30.0 Å². The predicted molar refractivity (Wildman–Crippen MR) is 99.6 cm³/mol. The van der Waals surface area contributed by atoms with Gasteiger partial charge in [-0.25, -0.2) is 4.79 Å². The second-order valence-electron chi connectivity index (χ2n) is 6.55. The molecule has 0 saturated heterocycles. The van der Waals surface area contributed by atoms with E-state index in [4.69, 9.17) is 9.84 Å². The fourth-order valence-corrected chi connectivity index (χ4v) is 3.17. The van der Waals surface area contributed by atoms with E-state index in [2.05, 4.69) is 9.97 Å². The number of benzene rings is 1. The van der Waals surface area contributed by atoms with Gasteiger partial charge in [0.25, 0.3) is 5.56 Å². The number of aromatic amines is 1. The van der Waals surface area contributed by atoms with Crippen molar-refractivity contribution in [2.75, 3.05) is 13.7 Å². The molecule has 0 aromatic heterocycles. The SMILES string of the molecule is COc1cc2c(cc1C)cc1c(=O)[nH]c(=O)nc-1n2C[C@H](O)[C@H](O)[C@H](O)CO. The van der Waals surface area contributed by atoms with Crippen LogP contribution in [-0.2, 0) is 6.54 Å². The molecule has 0 unspecified atom stereocenters. The Kier molecular flexibility index (Phi) is 5.47. The van der Waals surface area contributed by atoms with E-state index < -0.39 is 36.2 Å². The summed E-state index contributed by atoms with van der Waals surface area (Å²) in [4.78, 5) is 30.0. The maximum absolute atomic E-state index is 12.3. The minimum atomic E-state index is -1.65. The third-order valence-corrected chi connectivity index (χ3v) is 4.65. The molecule has 2 heterocycles. The molecule has 150 valence electrons. The number of aliphatic hydroxyl groups excluding tert-OH is 4. The standard InChI is InChI=1S/C18H21N3O7/c1-8-3-9-4-10-16(19-18(27)20-17(10)26)21(11(9)5-14(8)28-2)6-12(23)15(25)13(24)7-22/h3-5,12-13,15,22-25H,6-7H2,1-2H3,(H,20,26,27)/t12-,13+,15-/m0/s1. The third kappa shape index (κ3) is 3.50. The molecule has 0 saturated carbocycles. The first-order valence-electron chi connectivity index (χ1n) is 8.54. The number of fused-ring (bicyclic) bond motifs is 2. The summed E-state index contributed by atoms with van der Waals surface area (Å²) in [6.45, 7) is 0.787. The molecule has 2 aliphatic rings. The van der Waals surface area contributed by atoms with E-state index in [0.29, 0.717) is 16.7 Å². The summed E-state index contributed by atoms with van der Waals surface area (Å²) in [5.74, 6) is 0.551. The molecule has 28 heavy (non-hydrogen) atoms. The van der Waals surface area contributed by atoms with Crippen molar-refractivity contribution in [3.8, 4) is 17.1 Å². The van der Waals surface area contributed by atoms with E-state index in [9.17, 15) is 24.9 Å². The predicted octanol–water partition coefficient (Wildman–Crippen LogP) is -1.42. The zero-order valence-corrected chi connectivity index (χ0v) is 15.3. The van der Waals surface area contributed by atoms with Crippen LogP contribution in [0.25, 0.3) is 22.3 Å². The van der Waals surface area contributed by atoms with E-state index in [1.807, 2.05) is 6.92 Å². The molecule has 5 N–H and O–H groups in total. The summed E-state index contributed by atoms with van der Waals surface area (Å²) in [6, 6.07) is 5.02. The van der Waals surface area contributed by atoms with Crippen molar-refractivity contribution in [3.05, 3.63) is 44.6 Å². The van der Waals surface area contributed by atoms with Crippen molar-refractivity contribution in [2.45, 2.75) is 31.8 Å². The van der Waals surface area contributed by atoms with Gasteiger partial charge in [0, 0.05) is 6.07 Å². The second-order valence-corrected chi connectivity index (χ2v) is 6.55. The number of hydrogen-bond acceptors (Lipinski definition) is 8. The number of aliphatic hydroxyl groups is 4. The molecule has 3 rings (SSSR count). The minimum Gasteiger partial charge on any atom is -0.496 e. The number of pyridine rings is 1. The van der Waals surface area contributed by atoms with Crippen LogP contribution in [-0.4, -0.2) is 67.0 Å². The minimum absolute atomic E-state index is 0.0110. The molecule has 0 aliphatic carbocycles. The number of hydrogen-bond donors (Lipinski definition) is 5. The zero-order valence-electron chi connectivity index (χ0n) is 15.3. The lowest BCUT2D eigenvalue weighted by molar-refractivity contribution is -0.0802. The van der Waals surface area contributed by atoms with Gasteiger partial charge in [0.1, 0.15) is 24.1 Å². The van der Waals surface area contributed by atoms with Gasteiger partial charge in [0.2, 0.25) is 0 Å². The molecular weight excluding hydrogens is 370 g/mol. The van der Waals surface area contributed by atoms with Crippen molar-refractivity contribution in [2.24, 2.45) is 0 Å². The molecule has 1 aromatic rings. The van der Waals surface area contributed by atoms with Crippen molar-refractivity contribution in [1.29, 1.82) is 0 Å². The molecule has 3 atom stereocenters. The lowest BCUT2D eigenvalue weighted by atomic mass is 10.0. The molecule has 10 heteroatoms. The molecular formula is C18H21N3O7. The van der Waals surface area contributed by atoms with Crippen LogP contribution in [0.2, 0.25) is 0 Å². The molecule has 1 aromatic carbocycles. The number of nitrogens with one attached hydrogen (secondary N) is 1. The van der Waals surface area contributed by atoms with E-state index in [1.54, 1.807) is 18.2 Å². The summed E-state index contributed by atoms with van der Waals surface area (Å²) in [6.07, 6.45) is -4.71.